The van der Waals surface area contributed by atoms with Gasteiger partial charge >= 0.3 is 0 Å². The Morgan fingerprint density at radius 1 is 1.32 bits per heavy atom. The molecule has 2 aromatic rings. The van der Waals surface area contributed by atoms with Crippen LogP contribution in [0.5, 0.6) is 0 Å². The molecule has 1 saturated heterocycles. The van der Waals surface area contributed by atoms with Crippen molar-refractivity contribution in [2.75, 3.05) is 19.7 Å². The minimum atomic E-state index is -0.265. The molecule has 1 amide bonds. The van der Waals surface area contributed by atoms with Gasteiger partial charge in [0.25, 0.3) is 5.91 Å². The molecule has 3 nitrogen and oxygen atoms in total. The Kier molecular flexibility index (Phi) is 3.62. The molecule has 2 fully saturated rings. The number of rotatable bonds is 4. The van der Waals surface area contributed by atoms with Gasteiger partial charge in [0.1, 0.15) is 5.82 Å². The molecule has 1 aromatic heterocycles. The quantitative estimate of drug-likeness (QED) is 0.860. The smallest absolute Gasteiger partial charge is 0.264 e. The minimum absolute atomic E-state index is 0.0409. The number of fused-ring (bicyclic) bond motifs is 1. The Bertz CT molecular complexity index is 710. The molecule has 0 radical (unpaired) electrons. The summed E-state index contributed by atoms with van der Waals surface area (Å²) in [5.74, 6) is 0.528. The number of carbonyl (C=O) groups excluding carboxylic acids is 1. The number of halogens is 1. The number of carbonyl (C=O) groups is 1. The van der Waals surface area contributed by atoms with E-state index in [0.717, 1.165) is 35.6 Å². The van der Waals surface area contributed by atoms with Crippen molar-refractivity contribution in [3.8, 4) is 0 Å². The lowest BCUT2D eigenvalue weighted by atomic mass is 10.2. The fraction of sp³-hybridized carbons (Fsp3) is 0.471. The summed E-state index contributed by atoms with van der Waals surface area (Å²) in [5.41, 5.74) is 0. The number of ether oxygens (including phenoxy) is 1. The molecule has 0 bridgehead atoms. The van der Waals surface area contributed by atoms with E-state index in [4.69, 9.17) is 4.74 Å². The highest BCUT2D eigenvalue weighted by molar-refractivity contribution is 7.20. The lowest BCUT2D eigenvalue weighted by molar-refractivity contribution is 0.0482. The predicted molar refractivity (Wildman–Crippen MR) is 84.8 cm³/mol. The van der Waals surface area contributed by atoms with Gasteiger partial charge in [0.2, 0.25) is 0 Å². The van der Waals surface area contributed by atoms with Crippen LogP contribution in [0.15, 0.2) is 24.3 Å². The van der Waals surface area contributed by atoms with E-state index in [2.05, 4.69) is 0 Å². The van der Waals surface area contributed by atoms with Crippen LogP contribution in [0.4, 0.5) is 4.39 Å². The zero-order valence-electron chi connectivity index (χ0n) is 12.3. The fourth-order valence-corrected chi connectivity index (χ4v) is 3.89. The molecule has 1 aliphatic carbocycles. The minimum Gasteiger partial charge on any atom is -0.376 e. The van der Waals surface area contributed by atoms with Crippen LogP contribution in [-0.2, 0) is 4.74 Å². The zero-order chi connectivity index (χ0) is 15.1. The van der Waals surface area contributed by atoms with Gasteiger partial charge in [-0.25, -0.2) is 4.39 Å². The van der Waals surface area contributed by atoms with Gasteiger partial charge in [-0.05, 0) is 54.8 Å². The van der Waals surface area contributed by atoms with Gasteiger partial charge < -0.3 is 9.64 Å². The maximum atomic E-state index is 13.2. The molecule has 2 heterocycles. The molecule has 0 spiro atoms. The fourth-order valence-electron chi connectivity index (χ4n) is 2.88. The standard InChI is InChI=1S/C17H18FNO2S/c18-13-3-4-15-12(7-13)8-16(22-15)17(20)19-6-5-14(9-19)21-10-11-1-2-11/h3-4,7-8,11,14H,1-2,5-6,9-10H2/t14-/m1/s1. The Balaban J connectivity index is 1.43. The van der Waals surface area contributed by atoms with Gasteiger partial charge in [-0.3, -0.25) is 4.79 Å². The average Bonchev–Trinajstić information content (AvgIpc) is 3.06. The van der Waals surface area contributed by atoms with Crippen LogP contribution in [0.25, 0.3) is 10.1 Å². The van der Waals surface area contributed by atoms with E-state index in [1.54, 1.807) is 12.1 Å². The van der Waals surface area contributed by atoms with Crippen LogP contribution in [-0.4, -0.2) is 36.6 Å². The number of nitrogens with zero attached hydrogens (tertiary/aromatic N) is 1. The van der Waals surface area contributed by atoms with Crippen LogP contribution >= 0.6 is 11.3 Å². The van der Waals surface area contributed by atoms with Crippen molar-refractivity contribution in [3.05, 3.63) is 35.0 Å². The maximum Gasteiger partial charge on any atom is 0.264 e. The molecule has 1 aromatic carbocycles. The molecule has 1 aliphatic heterocycles. The van der Waals surface area contributed by atoms with Crippen LogP contribution in [0.1, 0.15) is 28.9 Å². The second kappa shape index (κ2) is 5.63. The number of hydrogen-bond acceptors (Lipinski definition) is 3. The molecule has 22 heavy (non-hydrogen) atoms. The largest absolute Gasteiger partial charge is 0.376 e. The first-order valence-corrected chi connectivity index (χ1v) is 8.60. The van der Waals surface area contributed by atoms with Gasteiger partial charge in [0.05, 0.1) is 11.0 Å². The third kappa shape index (κ3) is 2.88. The third-order valence-corrected chi connectivity index (χ3v) is 5.49. The molecule has 1 saturated carbocycles. The normalized spacial score (nSPS) is 21.7. The first-order chi connectivity index (χ1) is 10.7. The maximum absolute atomic E-state index is 13.2. The van der Waals surface area contributed by atoms with Crippen molar-refractivity contribution in [1.29, 1.82) is 0 Å². The molecular weight excluding hydrogens is 301 g/mol. The Morgan fingerprint density at radius 3 is 3.00 bits per heavy atom. The van der Waals surface area contributed by atoms with Crippen molar-refractivity contribution in [1.82, 2.24) is 4.90 Å². The topological polar surface area (TPSA) is 29.5 Å². The summed E-state index contributed by atoms with van der Waals surface area (Å²) in [6.07, 6.45) is 3.66. The molecule has 116 valence electrons. The van der Waals surface area contributed by atoms with E-state index in [9.17, 15) is 9.18 Å². The molecule has 4 rings (SSSR count). The van der Waals surface area contributed by atoms with Gasteiger partial charge in [-0.2, -0.15) is 0 Å². The van der Waals surface area contributed by atoms with Crippen molar-refractivity contribution < 1.29 is 13.9 Å². The Labute approximate surface area is 132 Å². The number of hydrogen-bond donors (Lipinski definition) is 0. The highest BCUT2D eigenvalue weighted by Crippen LogP contribution is 2.31. The molecule has 2 aliphatic rings. The molecule has 0 unspecified atom stereocenters. The summed E-state index contributed by atoms with van der Waals surface area (Å²) >= 11 is 1.43. The van der Waals surface area contributed by atoms with Crippen LogP contribution < -0.4 is 0 Å². The second-order valence-electron chi connectivity index (χ2n) is 6.23. The highest BCUT2D eigenvalue weighted by Gasteiger charge is 2.30. The van der Waals surface area contributed by atoms with E-state index in [1.807, 2.05) is 4.90 Å². The number of amides is 1. The van der Waals surface area contributed by atoms with Gasteiger partial charge in [0, 0.05) is 24.4 Å². The van der Waals surface area contributed by atoms with E-state index >= 15 is 0 Å². The summed E-state index contributed by atoms with van der Waals surface area (Å²) in [4.78, 5) is 15.1. The molecule has 5 heteroatoms. The first-order valence-electron chi connectivity index (χ1n) is 7.79. The van der Waals surface area contributed by atoms with E-state index < -0.39 is 0 Å². The van der Waals surface area contributed by atoms with Gasteiger partial charge in [-0.15, -0.1) is 11.3 Å². The number of benzene rings is 1. The van der Waals surface area contributed by atoms with Crippen LogP contribution in [0.3, 0.4) is 0 Å². The van der Waals surface area contributed by atoms with Gasteiger partial charge in [-0.1, -0.05) is 0 Å². The molecule has 0 N–H and O–H groups in total. The van der Waals surface area contributed by atoms with Crippen LogP contribution in [0.2, 0.25) is 0 Å². The van der Waals surface area contributed by atoms with Gasteiger partial charge in [0.15, 0.2) is 0 Å². The summed E-state index contributed by atoms with van der Waals surface area (Å²) in [5, 5.41) is 0.800. The highest BCUT2D eigenvalue weighted by atomic mass is 32.1. The van der Waals surface area contributed by atoms with E-state index in [0.29, 0.717) is 11.4 Å². The van der Waals surface area contributed by atoms with Crippen molar-refractivity contribution in [2.45, 2.75) is 25.4 Å². The lowest BCUT2D eigenvalue weighted by Gasteiger charge is -2.15. The van der Waals surface area contributed by atoms with Crippen molar-refractivity contribution in [2.24, 2.45) is 5.92 Å². The third-order valence-electron chi connectivity index (χ3n) is 4.39. The predicted octanol–water partition coefficient (Wildman–Crippen LogP) is 3.68. The summed E-state index contributed by atoms with van der Waals surface area (Å²) in [7, 11) is 0. The van der Waals surface area contributed by atoms with Crippen molar-refractivity contribution >= 4 is 27.3 Å². The van der Waals surface area contributed by atoms with E-state index in [-0.39, 0.29) is 17.8 Å². The monoisotopic (exact) mass is 319 g/mol. The average molecular weight is 319 g/mol. The zero-order valence-corrected chi connectivity index (χ0v) is 13.1. The SMILES string of the molecule is O=C(c1cc2cc(F)ccc2s1)N1CC[C@@H](OCC2CC2)C1. The lowest BCUT2D eigenvalue weighted by Crippen LogP contribution is -2.29. The summed E-state index contributed by atoms with van der Waals surface area (Å²) in [6, 6.07) is 6.44. The molecular formula is C17H18FNO2S. The van der Waals surface area contributed by atoms with Crippen molar-refractivity contribution in [3.63, 3.8) is 0 Å². The first kappa shape index (κ1) is 14.2. The number of likely N-dealkylation sites (tertiary alicyclic amines) is 1. The number of thiophene rings is 1. The van der Waals surface area contributed by atoms with E-state index in [1.165, 1.54) is 36.3 Å². The summed E-state index contributed by atoms with van der Waals surface area (Å²) < 4.78 is 20.1. The van der Waals surface area contributed by atoms with Crippen LogP contribution in [0, 0.1) is 11.7 Å². The molecule has 1 atom stereocenters. The summed E-state index contributed by atoms with van der Waals surface area (Å²) in [6.45, 7) is 2.26. The second-order valence-corrected chi connectivity index (χ2v) is 7.32. The Hall–Kier alpha value is -1.46. The Morgan fingerprint density at radius 2 is 2.18 bits per heavy atom.